The lowest BCUT2D eigenvalue weighted by molar-refractivity contribution is 0.0952. The van der Waals surface area contributed by atoms with Crippen molar-refractivity contribution in [3.8, 4) is 6.07 Å². The minimum absolute atomic E-state index is 0.137. The summed E-state index contributed by atoms with van der Waals surface area (Å²) in [5.74, 6) is 0. The highest BCUT2D eigenvalue weighted by atomic mass is 16.5. The fourth-order valence-electron chi connectivity index (χ4n) is 3.15. The van der Waals surface area contributed by atoms with E-state index < -0.39 is 0 Å². The van der Waals surface area contributed by atoms with E-state index in [2.05, 4.69) is 0 Å². The van der Waals surface area contributed by atoms with Gasteiger partial charge in [-0.15, -0.1) is 0 Å². The summed E-state index contributed by atoms with van der Waals surface area (Å²) in [5, 5.41) is 9.11. The van der Waals surface area contributed by atoms with Crippen LogP contribution in [-0.4, -0.2) is 17.3 Å². The van der Waals surface area contributed by atoms with E-state index in [0.29, 0.717) is 6.54 Å². The third kappa shape index (κ3) is 2.31. The lowest BCUT2D eigenvalue weighted by Gasteiger charge is -2.23. The Bertz CT molecular complexity index is 577. The molecule has 0 N–H and O–H groups in total. The van der Waals surface area contributed by atoms with Crippen LogP contribution in [0.25, 0.3) is 0 Å². The van der Waals surface area contributed by atoms with Crippen molar-refractivity contribution in [2.45, 2.75) is 51.2 Å². The van der Waals surface area contributed by atoms with Gasteiger partial charge in [0.05, 0.1) is 12.6 Å². The molecule has 0 bridgehead atoms. The van der Waals surface area contributed by atoms with Gasteiger partial charge in [-0.1, -0.05) is 0 Å². The van der Waals surface area contributed by atoms with E-state index in [0.717, 1.165) is 50.8 Å². The molecule has 1 aliphatic carbocycles. The van der Waals surface area contributed by atoms with E-state index in [4.69, 9.17) is 10.00 Å². The van der Waals surface area contributed by atoms with Crippen molar-refractivity contribution in [1.82, 2.24) is 4.57 Å². The Morgan fingerprint density at radius 2 is 2.21 bits per heavy atom. The lowest BCUT2D eigenvalue weighted by atomic mass is 9.94. The number of aryl methyl sites for hydroxylation is 1. The molecule has 1 aromatic heterocycles. The molecule has 19 heavy (non-hydrogen) atoms. The topological polar surface area (TPSA) is 55.0 Å². The van der Waals surface area contributed by atoms with Crippen LogP contribution in [0.1, 0.15) is 42.5 Å². The van der Waals surface area contributed by atoms with Crippen LogP contribution in [0.5, 0.6) is 0 Å². The Balaban J connectivity index is 2.04. The summed E-state index contributed by atoms with van der Waals surface area (Å²) in [7, 11) is 0. The van der Waals surface area contributed by atoms with Gasteiger partial charge in [-0.05, 0) is 50.2 Å². The standard InChI is InChI=1S/C15H18N2O2/c16-9-12-8-11-4-1-2-6-14(11)17(15(12)18)10-13-5-3-7-19-13/h8,13H,1-7,10H2. The summed E-state index contributed by atoms with van der Waals surface area (Å²) in [6.45, 7) is 1.40. The van der Waals surface area contributed by atoms with Gasteiger partial charge in [0.2, 0.25) is 0 Å². The lowest BCUT2D eigenvalue weighted by Crippen LogP contribution is -2.32. The molecule has 4 heteroatoms. The molecule has 1 unspecified atom stereocenters. The number of nitriles is 1. The summed E-state index contributed by atoms with van der Waals surface area (Å²) in [5.41, 5.74) is 2.45. The van der Waals surface area contributed by atoms with Crippen molar-refractivity contribution < 1.29 is 4.74 Å². The second-order valence-corrected chi connectivity index (χ2v) is 5.40. The van der Waals surface area contributed by atoms with Gasteiger partial charge in [0.1, 0.15) is 11.6 Å². The fraction of sp³-hybridized carbons (Fsp3) is 0.600. The van der Waals surface area contributed by atoms with Crippen LogP contribution in [0.4, 0.5) is 0 Å². The van der Waals surface area contributed by atoms with Crippen LogP contribution in [0, 0.1) is 11.3 Å². The first-order valence-corrected chi connectivity index (χ1v) is 7.07. The number of fused-ring (bicyclic) bond motifs is 1. The molecule has 4 nitrogen and oxygen atoms in total. The van der Waals surface area contributed by atoms with Gasteiger partial charge in [-0.3, -0.25) is 4.79 Å². The minimum Gasteiger partial charge on any atom is -0.376 e. The van der Waals surface area contributed by atoms with E-state index in [1.807, 2.05) is 10.6 Å². The molecule has 0 amide bonds. The van der Waals surface area contributed by atoms with Gasteiger partial charge in [0.25, 0.3) is 5.56 Å². The molecule has 0 spiro atoms. The maximum Gasteiger partial charge on any atom is 0.268 e. The number of hydrogen-bond donors (Lipinski definition) is 0. The van der Waals surface area contributed by atoms with E-state index in [-0.39, 0.29) is 17.2 Å². The van der Waals surface area contributed by atoms with Crippen LogP contribution in [0.3, 0.4) is 0 Å². The van der Waals surface area contributed by atoms with Crippen molar-refractivity contribution in [3.63, 3.8) is 0 Å². The molecule has 2 aliphatic rings. The van der Waals surface area contributed by atoms with Gasteiger partial charge < -0.3 is 9.30 Å². The second-order valence-electron chi connectivity index (χ2n) is 5.40. The van der Waals surface area contributed by atoms with Crippen molar-refractivity contribution >= 4 is 0 Å². The van der Waals surface area contributed by atoms with Crippen LogP contribution < -0.4 is 5.56 Å². The Labute approximate surface area is 112 Å². The largest absolute Gasteiger partial charge is 0.376 e. The Morgan fingerprint density at radius 1 is 1.37 bits per heavy atom. The van der Waals surface area contributed by atoms with Gasteiger partial charge in [-0.2, -0.15) is 5.26 Å². The zero-order valence-corrected chi connectivity index (χ0v) is 11.0. The predicted molar refractivity (Wildman–Crippen MR) is 71.0 cm³/mol. The van der Waals surface area contributed by atoms with Crippen molar-refractivity contribution in [3.05, 3.63) is 33.2 Å². The van der Waals surface area contributed by atoms with Crippen LogP contribution in [0.15, 0.2) is 10.9 Å². The van der Waals surface area contributed by atoms with Gasteiger partial charge >= 0.3 is 0 Å². The minimum atomic E-state index is -0.140. The number of hydrogen-bond acceptors (Lipinski definition) is 3. The average molecular weight is 258 g/mol. The van der Waals surface area contributed by atoms with Crippen LogP contribution in [0.2, 0.25) is 0 Å². The van der Waals surface area contributed by atoms with Crippen molar-refractivity contribution in [2.75, 3.05) is 6.61 Å². The molecule has 1 fully saturated rings. The van der Waals surface area contributed by atoms with Crippen molar-refractivity contribution in [2.24, 2.45) is 0 Å². The summed E-state index contributed by atoms with van der Waals surface area (Å²) in [4.78, 5) is 12.3. The highest BCUT2D eigenvalue weighted by molar-refractivity contribution is 5.35. The first kappa shape index (κ1) is 12.4. The normalized spacial score (nSPS) is 21.9. The smallest absolute Gasteiger partial charge is 0.268 e. The Hall–Kier alpha value is -1.60. The molecule has 0 radical (unpaired) electrons. The molecule has 0 saturated carbocycles. The molecule has 0 aromatic carbocycles. The predicted octanol–water partition coefficient (Wildman–Crippen LogP) is 1.78. The van der Waals surface area contributed by atoms with Gasteiger partial charge in [0, 0.05) is 12.3 Å². The fourth-order valence-corrected chi connectivity index (χ4v) is 3.15. The molecule has 100 valence electrons. The average Bonchev–Trinajstić information content (AvgIpc) is 2.94. The summed E-state index contributed by atoms with van der Waals surface area (Å²) in [6, 6.07) is 3.83. The molecule has 2 heterocycles. The first-order valence-electron chi connectivity index (χ1n) is 7.07. The molecule has 3 rings (SSSR count). The number of ether oxygens (including phenoxy) is 1. The third-order valence-electron chi connectivity index (χ3n) is 4.13. The highest BCUT2D eigenvalue weighted by Gasteiger charge is 2.22. The summed E-state index contributed by atoms with van der Waals surface area (Å²) in [6.07, 6.45) is 6.42. The Morgan fingerprint density at radius 3 is 2.95 bits per heavy atom. The Kier molecular flexibility index (Phi) is 3.39. The zero-order chi connectivity index (χ0) is 13.2. The quantitative estimate of drug-likeness (QED) is 0.812. The molecule has 1 saturated heterocycles. The van der Waals surface area contributed by atoms with E-state index in [1.54, 1.807) is 6.07 Å². The zero-order valence-electron chi connectivity index (χ0n) is 11.0. The van der Waals surface area contributed by atoms with Crippen molar-refractivity contribution in [1.29, 1.82) is 5.26 Å². The third-order valence-corrected chi connectivity index (χ3v) is 4.13. The number of aromatic nitrogens is 1. The first-order chi connectivity index (χ1) is 9.29. The molecule has 1 atom stereocenters. The number of rotatable bonds is 2. The van der Waals surface area contributed by atoms with Gasteiger partial charge in [0.15, 0.2) is 0 Å². The molecular formula is C15H18N2O2. The number of nitrogens with zero attached hydrogens (tertiary/aromatic N) is 2. The van der Waals surface area contributed by atoms with E-state index in [1.165, 1.54) is 5.56 Å². The highest BCUT2D eigenvalue weighted by Crippen LogP contribution is 2.22. The van der Waals surface area contributed by atoms with E-state index in [9.17, 15) is 4.79 Å². The SMILES string of the molecule is N#Cc1cc2c(n(CC3CCCO3)c1=O)CCCC2. The molecular weight excluding hydrogens is 240 g/mol. The van der Waals surface area contributed by atoms with E-state index >= 15 is 0 Å². The maximum atomic E-state index is 12.3. The molecule has 1 aliphatic heterocycles. The summed E-state index contributed by atoms with van der Waals surface area (Å²) < 4.78 is 7.44. The maximum absolute atomic E-state index is 12.3. The van der Waals surface area contributed by atoms with Crippen LogP contribution in [-0.2, 0) is 24.1 Å². The second kappa shape index (κ2) is 5.18. The summed E-state index contributed by atoms with van der Waals surface area (Å²) >= 11 is 0. The monoisotopic (exact) mass is 258 g/mol. The molecule has 1 aromatic rings. The van der Waals surface area contributed by atoms with Crippen LogP contribution >= 0.6 is 0 Å². The number of pyridine rings is 1. The van der Waals surface area contributed by atoms with Gasteiger partial charge in [-0.25, -0.2) is 0 Å².